The van der Waals surface area contributed by atoms with Gasteiger partial charge < -0.3 is 9.32 Å². The Balaban J connectivity index is 1.19. The van der Waals surface area contributed by atoms with Crippen LogP contribution in [0.25, 0.3) is 65.4 Å². The van der Waals surface area contributed by atoms with Crippen LogP contribution in [-0.2, 0) is 5.41 Å². The molecule has 0 aliphatic heterocycles. The minimum atomic E-state index is -0.166. The molecule has 2 heteroatoms. The molecule has 0 unspecified atom stereocenters. The van der Waals surface area contributed by atoms with Crippen LogP contribution in [0.4, 0.5) is 17.1 Å². The summed E-state index contributed by atoms with van der Waals surface area (Å²) in [6.45, 7) is 4.82. The van der Waals surface area contributed by atoms with Crippen LogP contribution in [0, 0.1) is 0 Å². The minimum absolute atomic E-state index is 0.166. The van der Waals surface area contributed by atoms with Crippen molar-refractivity contribution in [3.05, 3.63) is 163 Å². The molecule has 0 spiro atoms. The zero-order valence-electron chi connectivity index (χ0n) is 26.3. The van der Waals surface area contributed by atoms with E-state index < -0.39 is 0 Å². The van der Waals surface area contributed by atoms with Crippen LogP contribution in [-0.4, -0.2) is 0 Å². The first-order valence-corrected chi connectivity index (χ1v) is 16.4. The Bertz CT molecular complexity index is 2720. The number of hydrogen-bond acceptors (Lipinski definition) is 2. The van der Waals surface area contributed by atoms with E-state index in [9.17, 15) is 0 Å². The largest absolute Gasteiger partial charge is 0.456 e. The van der Waals surface area contributed by atoms with Crippen molar-refractivity contribution in [2.75, 3.05) is 4.90 Å². The first-order chi connectivity index (χ1) is 23.1. The van der Waals surface area contributed by atoms with Gasteiger partial charge in [0.05, 0.1) is 0 Å². The number of hydrogen-bond donors (Lipinski definition) is 0. The summed E-state index contributed by atoms with van der Waals surface area (Å²) in [7, 11) is 0. The Morgan fingerprint density at radius 2 is 1.02 bits per heavy atom. The summed E-state index contributed by atoms with van der Waals surface area (Å²) < 4.78 is 6.32. The van der Waals surface area contributed by atoms with Gasteiger partial charge >= 0.3 is 0 Å². The van der Waals surface area contributed by atoms with Crippen molar-refractivity contribution < 1.29 is 4.42 Å². The van der Waals surface area contributed by atoms with Gasteiger partial charge in [0.15, 0.2) is 0 Å². The zero-order valence-corrected chi connectivity index (χ0v) is 26.3. The molecule has 0 bridgehead atoms. The SMILES string of the molecule is CC1(C)c2c(ccc3cc(N(c4ccccc4)c4ccc5c(c4)oc4ccccc45)ccc23)-c2c1c1ccccc1c1ccccc21. The van der Waals surface area contributed by atoms with Crippen molar-refractivity contribution in [1.82, 2.24) is 0 Å². The maximum absolute atomic E-state index is 6.32. The summed E-state index contributed by atoms with van der Waals surface area (Å²) in [6.07, 6.45) is 0. The second-order valence-electron chi connectivity index (χ2n) is 13.3. The molecule has 8 aromatic carbocycles. The van der Waals surface area contributed by atoms with Crippen molar-refractivity contribution >= 4 is 71.3 Å². The molecular formula is C45H31NO. The van der Waals surface area contributed by atoms with Gasteiger partial charge in [-0.15, -0.1) is 0 Å². The Hall–Kier alpha value is -5.86. The van der Waals surface area contributed by atoms with Crippen LogP contribution in [0.3, 0.4) is 0 Å². The number of fused-ring (bicyclic) bond motifs is 13. The normalized spacial score (nSPS) is 13.5. The van der Waals surface area contributed by atoms with Gasteiger partial charge in [-0.05, 0) is 97.0 Å². The van der Waals surface area contributed by atoms with Crippen molar-refractivity contribution in [3.8, 4) is 11.1 Å². The van der Waals surface area contributed by atoms with E-state index in [0.29, 0.717) is 0 Å². The number of furan rings is 1. The minimum Gasteiger partial charge on any atom is -0.456 e. The Kier molecular flexibility index (Phi) is 5.37. The highest BCUT2D eigenvalue weighted by atomic mass is 16.3. The van der Waals surface area contributed by atoms with Gasteiger partial charge in [-0.2, -0.15) is 0 Å². The molecule has 0 radical (unpaired) electrons. The second-order valence-corrected chi connectivity index (χ2v) is 13.3. The fourth-order valence-electron chi connectivity index (χ4n) is 8.41. The highest BCUT2D eigenvalue weighted by molar-refractivity contribution is 6.19. The fourth-order valence-corrected chi connectivity index (χ4v) is 8.41. The number of rotatable bonds is 3. The summed E-state index contributed by atoms with van der Waals surface area (Å²) in [5.41, 5.74) is 10.5. The molecule has 0 N–H and O–H groups in total. The average molecular weight is 602 g/mol. The third-order valence-electron chi connectivity index (χ3n) is 10.3. The summed E-state index contributed by atoms with van der Waals surface area (Å²) in [5.74, 6) is 0. The molecular weight excluding hydrogens is 571 g/mol. The zero-order chi connectivity index (χ0) is 31.3. The van der Waals surface area contributed by atoms with Crippen LogP contribution >= 0.6 is 0 Å². The third-order valence-corrected chi connectivity index (χ3v) is 10.3. The highest BCUT2D eigenvalue weighted by Gasteiger charge is 2.39. The number of nitrogens with zero attached hydrogens (tertiary/aromatic N) is 1. The molecule has 0 atom stereocenters. The lowest BCUT2D eigenvalue weighted by Crippen LogP contribution is -2.16. The van der Waals surface area contributed by atoms with Gasteiger partial charge in [0.2, 0.25) is 0 Å². The molecule has 0 amide bonds. The van der Waals surface area contributed by atoms with Gasteiger partial charge in [-0.25, -0.2) is 0 Å². The quantitative estimate of drug-likeness (QED) is 0.187. The predicted octanol–water partition coefficient (Wildman–Crippen LogP) is 12.8. The lowest BCUT2D eigenvalue weighted by Gasteiger charge is -2.27. The molecule has 10 rings (SSSR count). The molecule has 1 heterocycles. The van der Waals surface area contributed by atoms with Gasteiger partial charge in [0.1, 0.15) is 11.2 Å². The van der Waals surface area contributed by atoms with Crippen LogP contribution in [0.5, 0.6) is 0 Å². The standard InChI is InChI=1S/C45H31NO/c1-45(2)43-32-24-21-30(46(29-12-4-3-5-13-29)31-22-25-36-35-16-10-11-19-40(35)47-41(36)27-31)26-28(32)20-23-39(43)42-37-17-8-6-14-33(37)34-15-7-9-18-38(34)44(42)45/h3-27H,1-2H3. The molecule has 47 heavy (non-hydrogen) atoms. The molecule has 0 fully saturated rings. The molecule has 2 nitrogen and oxygen atoms in total. The van der Waals surface area contributed by atoms with Crippen molar-refractivity contribution in [2.45, 2.75) is 19.3 Å². The fraction of sp³-hybridized carbons (Fsp3) is 0.0667. The molecule has 1 aliphatic rings. The Morgan fingerprint density at radius 3 is 1.81 bits per heavy atom. The van der Waals surface area contributed by atoms with Crippen LogP contribution in [0.15, 0.2) is 156 Å². The van der Waals surface area contributed by atoms with Gasteiger partial charge in [0.25, 0.3) is 0 Å². The van der Waals surface area contributed by atoms with Crippen LogP contribution in [0.2, 0.25) is 0 Å². The summed E-state index contributed by atoms with van der Waals surface area (Å²) in [4.78, 5) is 2.33. The van der Waals surface area contributed by atoms with E-state index in [4.69, 9.17) is 4.42 Å². The summed E-state index contributed by atoms with van der Waals surface area (Å²) in [6, 6.07) is 55.0. The van der Waals surface area contributed by atoms with E-state index in [0.717, 1.165) is 39.0 Å². The van der Waals surface area contributed by atoms with Gasteiger partial charge in [0, 0.05) is 39.3 Å². The monoisotopic (exact) mass is 601 g/mol. The lowest BCUT2D eigenvalue weighted by molar-refractivity contribution is 0.669. The summed E-state index contributed by atoms with van der Waals surface area (Å²) >= 11 is 0. The smallest absolute Gasteiger partial charge is 0.137 e. The molecule has 0 saturated carbocycles. The van der Waals surface area contributed by atoms with E-state index >= 15 is 0 Å². The van der Waals surface area contributed by atoms with E-state index in [1.807, 2.05) is 12.1 Å². The highest BCUT2D eigenvalue weighted by Crippen LogP contribution is 2.56. The van der Waals surface area contributed by atoms with Gasteiger partial charge in [-0.1, -0.05) is 117 Å². The Morgan fingerprint density at radius 1 is 0.426 bits per heavy atom. The van der Waals surface area contributed by atoms with Gasteiger partial charge in [-0.3, -0.25) is 0 Å². The average Bonchev–Trinajstić information content (AvgIpc) is 3.60. The van der Waals surface area contributed by atoms with E-state index in [2.05, 4.69) is 158 Å². The van der Waals surface area contributed by atoms with Crippen LogP contribution in [0.1, 0.15) is 25.0 Å². The van der Waals surface area contributed by atoms with E-state index in [1.54, 1.807) is 0 Å². The molecule has 1 aromatic heterocycles. The van der Waals surface area contributed by atoms with Crippen molar-refractivity contribution in [1.29, 1.82) is 0 Å². The van der Waals surface area contributed by atoms with Crippen molar-refractivity contribution in [3.63, 3.8) is 0 Å². The molecule has 9 aromatic rings. The summed E-state index contributed by atoms with van der Waals surface area (Å²) in [5, 5.41) is 10.2. The molecule has 1 aliphatic carbocycles. The van der Waals surface area contributed by atoms with E-state index in [1.165, 1.54) is 54.6 Å². The first-order valence-electron chi connectivity index (χ1n) is 16.4. The maximum atomic E-state index is 6.32. The first kappa shape index (κ1) is 26.4. The third kappa shape index (κ3) is 3.67. The number of anilines is 3. The van der Waals surface area contributed by atoms with E-state index in [-0.39, 0.29) is 5.41 Å². The second kappa shape index (κ2) is 9.57. The Labute approximate surface area is 273 Å². The lowest BCUT2D eigenvalue weighted by atomic mass is 9.78. The molecule has 222 valence electrons. The van der Waals surface area contributed by atoms with Crippen LogP contribution < -0.4 is 4.90 Å². The van der Waals surface area contributed by atoms with Crippen molar-refractivity contribution in [2.24, 2.45) is 0 Å². The maximum Gasteiger partial charge on any atom is 0.137 e. The number of para-hydroxylation sites is 2. The topological polar surface area (TPSA) is 16.4 Å². The predicted molar refractivity (Wildman–Crippen MR) is 198 cm³/mol. The number of benzene rings is 8. The molecule has 0 saturated heterocycles.